The Hall–Kier alpha value is -2.28. The minimum absolute atomic E-state index is 0.479. The normalized spacial score (nSPS) is 11.3. The van der Waals surface area contributed by atoms with E-state index in [0.29, 0.717) is 18.2 Å². The Labute approximate surface area is 150 Å². The molecule has 0 saturated carbocycles. The van der Waals surface area contributed by atoms with Crippen molar-refractivity contribution >= 4 is 17.7 Å². The molecule has 0 radical (unpaired) electrons. The molecule has 0 unspecified atom stereocenters. The second-order valence-corrected chi connectivity index (χ2v) is 5.99. The maximum atomic E-state index is 11.1. The number of amides is 1. The summed E-state index contributed by atoms with van der Waals surface area (Å²) >= 11 is 0. The lowest BCUT2D eigenvalue weighted by atomic mass is 10.2. The highest BCUT2D eigenvalue weighted by atomic mass is 16.5. The van der Waals surface area contributed by atoms with Crippen molar-refractivity contribution in [2.24, 2.45) is 10.9 Å². The van der Waals surface area contributed by atoms with E-state index < -0.39 is 6.09 Å². The number of hydrogen-bond donors (Lipinski definition) is 3. The van der Waals surface area contributed by atoms with Gasteiger partial charge >= 0.3 is 6.09 Å². The van der Waals surface area contributed by atoms with Crippen molar-refractivity contribution < 1.29 is 14.3 Å². The molecule has 1 aromatic carbocycles. The molecule has 0 spiro atoms. The van der Waals surface area contributed by atoms with Gasteiger partial charge in [-0.1, -0.05) is 26.0 Å². The average molecular weight is 350 g/mol. The van der Waals surface area contributed by atoms with E-state index in [-0.39, 0.29) is 0 Å². The van der Waals surface area contributed by atoms with Crippen LogP contribution < -0.4 is 16.0 Å². The summed E-state index contributed by atoms with van der Waals surface area (Å²) in [6.45, 7) is 7.27. The van der Waals surface area contributed by atoms with Crippen LogP contribution in [-0.4, -0.2) is 46.0 Å². The van der Waals surface area contributed by atoms with Gasteiger partial charge in [0.15, 0.2) is 5.96 Å². The number of ether oxygens (including phenoxy) is 2. The van der Waals surface area contributed by atoms with E-state index in [1.807, 2.05) is 24.3 Å². The monoisotopic (exact) mass is 350 g/mol. The van der Waals surface area contributed by atoms with Crippen molar-refractivity contribution in [2.75, 3.05) is 39.2 Å². The van der Waals surface area contributed by atoms with Gasteiger partial charge < -0.3 is 20.1 Å². The molecule has 0 fully saturated rings. The zero-order valence-corrected chi connectivity index (χ0v) is 15.6. The van der Waals surface area contributed by atoms with E-state index in [2.05, 4.69) is 39.5 Å². The van der Waals surface area contributed by atoms with Crippen LogP contribution in [0.25, 0.3) is 0 Å². The van der Waals surface area contributed by atoms with Crippen molar-refractivity contribution in [3.05, 3.63) is 29.8 Å². The van der Waals surface area contributed by atoms with Gasteiger partial charge in [-0.3, -0.25) is 10.3 Å². The first kappa shape index (κ1) is 20.8. The minimum Gasteiger partial charge on any atom is -0.453 e. The maximum Gasteiger partial charge on any atom is 0.411 e. The van der Waals surface area contributed by atoms with Crippen LogP contribution in [0.4, 0.5) is 10.5 Å². The molecular formula is C18H30N4O3. The van der Waals surface area contributed by atoms with Crippen LogP contribution in [0.1, 0.15) is 25.8 Å². The highest BCUT2D eigenvalue weighted by Gasteiger charge is 2.02. The number of carbonyl (C=O) groups is 1. The molecule has 140 valence electrons. The largest absolute Gasteiger partial charge is 0.453 e. The summed E-state index contributed by atoms with van der Waals surface area (Å²) in [6.07, 6.45) is 0.453. The number of carbonyl (C=O) groups excluding carboxylic acids is 1. The second kappa shape index (κ2) is 12.1. The summed E-state index contributed by atoms with van der Waals surface area (Å²) in [7, 11) is 3.08. The summed E-state index contributed by atoms with van der Waals surface area (Å²) in [5.74, 6) is 1.32. The summed E-state index contributed by atoms with van der Waals surface area (Å²) in [6, 6.07) is 7.53. The van der Waals surface area contributed by atoms with Gasteiger partial charge in [0.05, 0.1) is 7.11 Å². The van der Waals surface area contributed by atoms with Crippen LogP contribution in [0.15, 0.2) is 29.3 Å². The third-order valence-electron chi connectivity index (χ3n) is 3.28. The second-order valence-electron chi connectivity index (χ2n) is 5.99. The van der Waals surface area contributed by atoms with E-state index >= 15 is 0 Å². The van der Waals surface area contributed by atoms with Gasteiger partial charge in [-0.15, -0.1) is 0 Å². The van der Waals surface area contributed by atoms with Crippen molar-refractivity contribution in [1.29, 1.82) is 0 Å². The number of guanidine groups is 1. The predicted molar refractivity (Wildman–Crippen MR) is 101 cm³/mol. The van der Waals surface area contributed by atoms with Gasteiger partial charge in [0.2, 0.25) is 0 Å². The Morgan fingerprint density at radius 1 is 1.20 bits per heavy atom. The smallest absolute Gasteiger partial charge is 0.411 e. The van der Waals surface area contributed by atoms with Crippen molar-refractivity contribution in [3.63, 3.8) is 0 Å². The molecular weight excluding hydrogens is 320 g/mol. The zero-order chi connectivity index (χ0) is 18.5. The number of aliphatic imine (C=N–C) groups is 1. The minimum atomic E-state index is -0.479. The van der Waals surface area contributed by atoms with E-state index in [0.717, 1.165) is 37.7 Å². The molecule has 3 N–H and O–H groups in total. The van der Waals surface area contributed by atoms with Crippen LogP contribution in [0.2, 0.25) is 0 Å². The van der Waals surface area contributed by atoms with Gasteiger partial charge in [0, 0.05) is 39.0 Å². The number of nitrogens with zero attached hydrogens (tertiary/aromatic N) is 1. The first-order valence-corrected chi connectivity index (χ1v) is 8.51. The van der Waals surface area contributed by atoms with E-state index in [9.17, 15) is 4.79 Å². The molecule has 1 rings (SSSR count). The first-order chi connectivity index (χ1) is 12.0. The summed E-state index contributed by atoms with van der Waals surface area (Å²) < 4.78 is 10.1. The standard InChI is InChI=1S/C18H30N4O3/c1-14(2)13-25-11-5-10-20-17(19-3)21-12-15-6-8-16(9-7-15)22-18(23)24-4/h6-9,14H,5,10-13H2,1-4H3,(H,22,23)(H2,19,20,21). The van der Waals surface area contributed by atoms with Crippen LogP contribution in [0.3, 0.4) is 0 Å². The molecule has 0 aliphatic rings. The quantitative estimate of drug-likeness (QED) is 0.362. The first-order valence-electron chi connectivity index (χ1n) is 8.51. The maximum absolute atomic E-state index is 11.1. The lowest BCUT2D eigenvalue weighted by Gasteiger charge is -2.13. The molecule has 7 heteroatoms. The fraction of sp³-hybridized carbons (Fsp3) is 0.556. The lowest BCUT2D eigenvalue weighted by molar-refractivity contribution is 0.108. The molecule has 0 aliphatic carbocycles. The Morgan fingerprint density at radius 2 is 1.92 bits per heavy atom. The molecule has 1 amide bonds. The molecule has 0 saturated heterocycles. The third-order valence-corrected chi connectivity index (χ3v) is 3.28. The molecule has 0 heterocycles. The van der Waals surface area contributed by atoms with Gasteiger partial charge in [0.25, 0.3) is 0 Å². The Kier molecular flexibility index (Phi) is 10.1. The summed E-state index contributed by atoms with van der Waals surface area (Å²) in [5, 5.41) is 9.13. The number of hydrogen-bond acceptors (Lipinski definition) is 4. The van der Waals surface area contributed by atoms with E-state index in [1.54, 1.807) is 7.05 Å². The summed E-state index contributed by atoms with van der Waals surface area (Å²) in [4.78, 5) is 15.3. The van der Waals surface area contributed by atoms with Gasteiger partial charge in [0.1, 0.15) is 0 Å². The SMILES string of the molecule is CN=C(NCCCOCC(C)C)NCc1ccc(NC(=O)OC)cc1. The van der Waals surface area contributed by atoms with E-state index in [1.165, 1.54) is 7.11 Å². The van der Waals surface area contributed by atoms with Crippen LogP contribution in [0, 0.1) is 5.92 Å². The van der Waals surface area contributed by atoms with Crippen LogP contribution in [-0.2, 0) is 16.0 Å². The number of rotatable bonds is 9. The number of anilines is 1. The number of methoxy groups -OCH3 is 1. The molecule has 0 bridgehead atoms. The van der Waals surface area contributed by atoms with Gasteiger partial charge in [-0.2, -0.15) is 0 Å². The predicted octanol–water partition coefficient (Wildman–Crippen LogP) is 2.59. The van der Waals surface area contributed by atoms with Crippen LogP contribution >= 0.6 is 0 Å². The molecule has 0 aromatic heterocycles. The van der Waals surface area contributed by atoms with Crippen LogP contribution in [0.5, 0.6) is 0 Å². The highest BCUT2D eigenvalue weighted by Crippen LogP contribution is 2.09. The molecule has 1 aromatic rings. The highest BCUT2D eigenvalue weighted by molar-refractivity contribution is 5.84. The van der Waals surface area contributed by atoms with Gasteiger partial charge in [-0.25, -0.2) is 4.79 Å². The fourth-order valence-electron chi connectivity index (χ4n) is 1.98. The van der Waals surface area contributed by atoms with Gasteiger partial charge in [-0.05, 0) is 30.0 Å². The number of nitrogens with one attached hydrogen (secondary N) is 3. The summed E-state index contributed by atoms with van der Waals surface area (Å²) in [5.41, 5.74) is 1.78. The van der Waals surface area contributed by atoms with Crippen molar-refractivity contribution in [3.8, 4) is 0 Å². The number of benzene rings is 1. The zero-order valence-electron chi connectivity index (χ0n) is 15.6. The van der Waals surface area contributed by atoms with Crippen molar-refractivity contribution in [1.82, 2.24) is 10.6 Å². The Bertz CT molecular complexity index is 530. The Morgan fingerprint density at radius 3 is 2.52 bits per heavy atom. The molecule has 7 nitrogen and oxygen atoms in total. The van der Waals surface area contributed by atoms with E-state index in [4.69, 9.17) is 4.74 Å². The molecule has 25 heavy (non-hydrogen) atoms. The topological polar surface area (TPSA) is 84.0 Å². The molecule has 0 atom stereocenters. The average Bonchev–Trinajstić information content (AvgIpc) is 2.61. The third kappa shape index (κ3) is 9.56. The lowest BCUT2D eigenvalue weighted by Crippen LogP contribution is -2.37. The fourth-order valence-corrected chi connectivity index (χ4v) is 1.98. The van der Waals surface area contributed by atoms with Crippen molar-refractivity contribution in [2.45, 2.75) is 26.8 Å². The Balaban J connectivity index is 2.26. The molecule has 0 aliphatic heterocycles.